The van der Waals surface area contributed by atoms with E-state index in [9.17, 15) is 28.6 Å². The Labute approximate surface area is 315 Å². The topological polar surface area (TPSA) is 96.3 Å². The van der Waals surface area contributed by atoms with Crippen molar-refractivity contribution in [2.45, 2.75) is 95.4 Å². The van der Waals surface area contributed by atoms with Gasteiger partial charge in [-0.3, -0.25) is 4.79 Å². The zero-order valence-corrected chi connectivity index (χ0v) is 31.0. The van der Waals surface area contributed by atoms with Gasteiger partial charge in [0.2, 0.25) is 0 Å². The number of ether oxygens (including phenoxy) is 2. The quantitative estimate of drug-likeness (QED) is 0.145. The van der Waals surface area contributed by atoms with Crippen molar-refractivity contribution in [2.75, 3.05) is 19.7 Å². The zero-order valence-electron chi connectivity index (χ0n) is 31.0. The minimum absolute atomic E-state index is 0.00823. The number of hydrogen-bond acceptors (Lipinski definition) is 6. The van der Waals surface area contributed by atoms with Crippen LogP contribution in [-0.4, -0.2) is 64.5 Å². The Morgan fingerprint density at radius 1 is 0.944 bits per heavy atom. The van der Waals surface area contributed by atoms with Crippen LogP contribution in [0.15, 0.2) is 90.5 Å². The summed E-state index contributed by atoms with van der Waals surface area (Å²) in [6.45, 7) is 4.95. The van der Waals surface area contributed by atoms with E-state index in [1.807, 2.05) is 55.5 Å². The fourth-order valence-corrected chi connectivity index (χ4v) is 8.94. The minimum atomic E-state index is -1.39. The maximum absolute atomic E-state index is 14.4. The van der Waals surface area contributed by atoms with Crippen molar-refractivity contribution in [2.24, 2.45) is 5.41 Å². The van der Waals surface area contributed by atoms with Crippen molar-refractivity contribution < 1.29 is 38.1 Å². The highest BCUT2D eigenvalue weighted by atomic mass is 19.2. The molecule has 7 nitrogen and oxygen atoms in total. The Bertz CT molecular complexity index is 2060. The SMILES string of the molecule is CC1=CCC[C@@]2(C)[C@@H](CC[C@@]2(O)CN(C[C@H]2CCCO2)C(=O)Oc2ccc3ccccc3c2)c2ccc(cc2C(=O)c2ccc(F)c(F)c2)C[C@@H](O)CC1. The second kappa shape index (κ2) is 15.7. The molecule has 8 rings (SSSR count). The Kier molecular flexibility index (Phi) is 11.0. The summed E-state index contributed by atoms with van der Waals surface area (Å²) in [5.74, 6) is -2.53. The number of fused-ring (bicyclic) bond motifs is 9. The summed E-state index contributed by atoms with van der Waals surface area (Å²) in [6.07, 6.45) is 6.05. The van der Waals surface area contributed by atoms with Gasteiger partial charge in [0.15, 0.2) is 17.4 Å². The Hall–Kier alpha value is -4.44. The molecule has 284 valence electrons. The average molecular weight is 738 g/mol. The molecular formula is C45H49F2NO6. The third-order valence-corrected chi connectivity index (χ3v) is 12.2. The van der Waals surface area contributed by atoms with E-state index >= 15 is 0 Å². The highest BCUT2D eigenvalue weighted by Crippen LogP contribution is 2.59. The van der Waals surface area contributed by atoms with Gasteiger partial charge in [-0.25, -0.2) is 13.6 Å². The first-order chi connectivity index (χ1) is 25.9. The number of halogens is 2. The number of carbonyl (C=O) groups is 2. The molecule has 1 saturated carbocycles. The van der Waals surface area contributed by atoms with Gasteiger partial charge in [0.05, 0.1) is 30.9 Å². The van der Waals surface area contributed by atoms with Crippen molar-refractivity contribution in [3.63, 3.8) is 0 Å². The molecule has 9 heteroatoms. The predicted molar refractivity (Wildman–Crippen MR) is 204 cm³/mol. The van der Waals surface area contributed by atoms with E-state index in [0.717, 1.165) is 46.9 Å². The van der Waals surface area contributed by atoms with Crippen LogP contribution in [-0.2, 0) is 11.2 Å². The Morgan fingerprint density at radius 2 is 1.76 bits per heavy atom. The summed E-state index contributed by atoms with van der Waals surface area (Å²) in [6, 6.07) is 22.1. The first-order valence-electron chi connectivity index (χ1n) is 19.2. The largest absolute Gasteiger partial charge is 0.415 e. The summed E-state index contributed by atoms with van der Waals surface area (Å²) in [5, 5.41) is 25.9. The maximum Gasteiger partial charge on any atom is 0.415 e. The molecule has 0 aromatic heterocycles. The van der Waals surface area contributed by atoms with E-state index in [4.69, 9.17) is 9.47 Å². The van der Waals surface area contributed by atoms with Crippen molar-refractivity contribution in [3.05, 3.63) is 124 Å². The molecule has 0 radical (unpaired) electrons. The number of hydrogen-bond donors (Lipinski definition) is 2. The highest BCUT2D eigenvalue weighted by Gasteiger charge is 2.58. The number of rotatable bonds is 7. The van der Waals surface area contributed by atoms with Gasteiger partial charge in [0.25, 0.3) is 0 Å². The molecule has 1 heterocycles. The van der Waals surface area contributed by atoms with Gasteiger partial charge in [-0.15, -0.1) is 0 Å². The van der Waals surface area contributed by atoms with E-state index in [2.05, 4.69) is 13.0 Å². The van der Waals surface area contributed by atoms with Crippen molar-refractivity contribution in [1.29, 1.82) is 0 Å². The standard InChI is InChI=1S/C45H49F2NO6/c1-29-7-5-20-44(2)39(37-17-12-30(23-34(49)15-11-29)24-38(37)42(50)33-14-18-40(46)41(47)26-33)19-21-45(44,52)28-48(27-36-10-6-22-53-36)43(51)54-35-16-13-31-8-3-4-9-32(31)25-35/h3-4,7-9,12-14,16-18,24-26,34,36,39,49,52H,5-6,10-11,15,19-23,27-28H2,1-2H3/t34-,36+,39-,44-,45+/m0/s1. The van der Waals surface area contributed by atoms with Crippen LogP contribution in [0.2, 0.25) is 0 Å². The minimum Gasteiger partial charge on any atom is -0.410 e. The molecule has 2 bridgehead atoms. The van der Waals surface area contributed by atoms with E-state index < -0.39 is 40.6 Å². The van der Waals surface area contributed by atoms with E-state index in [-0.39, 0.29) is 30.7 Å². The molecule has 3 aliphatic carbocycles. The molecule has 2 fully saturated rings. The zero-order chi connectivity index (χ0) is 38.0. The first kappa shape index (κ1) is 37.9. The molecule has 0 unspecified atom stereocenters. The third kappa shape index (κ3) is 7.86. The van der Waals surface area contributed by atoms with Gasteiger partial charge in [-0.05, 0) is 129 Å². The molecule has 1 amide bonds. The molecule has 4 aromatic carbocycles. The van der Waals surface area contributed by atoms with Gasteiger partial charge in [-0.2, -0.15) is 0 Å². The predicted octanol–water partition coefficient (Wildman–Crippen LogP) is 9.07. The number of amides is 1. The molecule has 1 aliphatic heterocycles. The van der Waals surface area contributed by atoms with E-state index in [1.165, 1.54) is 6.07 Å². The van der Waals surface area contributed by atoms with Crippen molar-refractivity contribution >= 4 is 22.6 Å². The van der Waals surface area contributed by atoms with Gasteiger partial charge in [0, 0.05) is 23.1 Å². The second-order valence-electron chi connectivity index (χ2n) is 15.8. The number of ketones is 1. The Balaban J connectivity index is 1.26. The maximum atomic E-state index is 14.4. The molecule has 1 saturated heterocycles. The van der Waals surface area contributed by atoms with Crippen LogP contribution in [0.4, 0.5) is 13.6 Å². The molecular weight excluding hydrogens is 688 g/mol. The van der Waals surface area contributed by atoms with Crippen molar-refractivity contribution in [3.8, 4) is 5.75 Å². The lowest BCUT2D eigenvalue weighted by molar-refractivity contribution is -0.0831. The number of benzene rings is 4. The lowest BCUT2D eigenvalue weighted by Crippen LogP contribution is -2.55. The lowest BCUT2D eigenvalue weighted by atomic mass is 9.64. The number of allylic oxidation sites excluding steroid dienone is 2. The molecule has 2 N–H and O–H groups in total. The summed E-state index contributed by atoms with van der Waals surface area (Å²) in [4.78, 5) is 30.0. The van der Waals surface area contributed by atoms with E-state index in [1.54, 1.807) is 17.0 Å². The highest BCUT2D eigenvalue weighted by molar-refractivity contribution is 6.10. The van der Waals surface area contributed by atoms with Crippen LogP contribution in [0.3, 0.4) is 0 Å². The monoisotopic (exact) mass is 737 g/mol. The third-order valence-electron chi connectivity index (χ3n) is 12.2. The van der Waals surface area contributed by atoms with Gasteiger partial charge >= 0.3 is 6.09 Å². The molecule has 4 aromatic rings. The number of aliphatic hydroxyl groups excluding tert-OH is 1. The van der Waals surface area contributed by atoms with E-state index in [0.29, 0.717) is 68.4 Å². The molecule has 5 atom stereocenters. The molecule has 4 aliphatic rings. The number of carbonyl (C=O) groups excluding carboxylic acids is 2. The van der Waals surface area contributed by atoms with Crippen LogP contribution >= 0.6 is 0 Å². The van der Waals surface area contributed by atoms with Crippen LogP contribution in [0.1, 0.15) is 98.2 Å². The summed E-state index contributed by atoms with van der Waals surface area (Å²) < 4.78 is 40.4. The lowest BCUT2D eigenvalue weighted by Gasteiger charge is -2.46. The van der Waals surface area contributed by atoms with Crippen LogP contribution < -0.4 is 4.74 Å². The van der Waals surface area contributed by atoms with Crippen molar-refractivity contribution in [1.82, 2.24) is 4.90 Å². The smallest absolute Gasteiger partial charge is 0.410 e. The number of nitrogens with zero attached hydrogens (tertiary/aromatic N) is 1. The van der Waals surface area contributed by atoms with Gasteiger partial charge in [0.1, 0.15) is 5.75 Å². The summed E-state index contributed by atoms with van der Waals surface area (Å²) in [5.41, 5.74) is 0.719. The van der Waals surface area contributed by atoms with Crippen LogP contribution in [0.25, 0.3) is 10.8 Å². The number of aliphatic hydroxyl groups is 2. The fraction of sp³-hybridized carbons (Fsp3) is 0.422. The molecule has 54 heavy (non-hydrogen) atoms. The Morgan fingerprint density at radius 3 is 2.54 bits per heavy atom. The summed E-state index contributed by atoms with van der Waals surface area (Å²) in [7, 11) is 0. The normalized spacial score (nSPS) is 25.9. The van der Waals surface area contributed by atoms with Crippen LogP contribution in [0, 0.1) is 17.0 Å². The molecule has 0 spiro atoms. The first-order valence-corrected chi connectivity index (χ1v) is 19.2. The fourth-order valence-electron chi connectivity index (χ4n) is 8.94. The average Bonchev–Trinajstić information content (AvgIpc) is 3.76. The van der Waals surface area contributed by atoms with Crippen LogP contribution in [0.5, 0.6) is 5.75 Å². The summed E-state index contributed by atoms with van der Waals surface area (Å²) >= 11 is 0. The van der Waals surface area contributed by atoms with Gasteiger partial charge in [-0.1, -0.05) is 61.0 Å². The second-order valence-corrected chi connectivity index (χ2v) is 15.8. The van der Waals surface area contributed by atoms with Gasteiger partial charge < -0.3 is 24.6 Å².